The average molecular weight is 341 g/mol. The van der Waals surface area contributed by atoms with E-state index in [1.807, 2.05) is 30.3 Å². The number of nitrogens with zero attached hydrogens (tertiary/aromatic N) is 2. The predicted molar refractivity (Wildman–Crippen MR) is 87.1 cm³/mol. The van der Waals surface area contributed by atoms with Crippen molar-refractivity contribution in [3.8, 4) is 0 Å². The Balaban J connectivity index is 1.74. The molecule has 1 aromatic carbocycles. The molecule has 1 aliphatic carbocycles. The van der Waals surface area contributed by atoms with E-state index >= 15 is 0 Å². The summed E-state index contributed by atoms with van der Waals surface area (Å²) in [5.74, 6) is -0.216. The third kappa shape index (κ3) is 2.29. The SMILES string of the molecule is CN(C(=O)C1(C)CC1(Cl)Cl)C1CCN(c2ccccc2)C1=O. The second kappa shape index (κ2) is 5.14. The second-order valence-electron chi connectivity index (χ2n) is 6.26. The van der Waals surface area contributed by atoms with Gasteiger partial charge < -0.3 is 9.80 Å². The van der Waals surface area contributed by atoms with Gasteiger partial charge in [0.15, 0.2) is 0 Å². The summed E-state index contributed by atoms with van der Waals surface area (Å²) < 4.78 is -1.01. The zero-order chi connectivity index (χ0) is 16.1. The predicted octanol–water partition coefficient (Wildman–Crippen LogP) is 2.83. The van der Waals surface area contributed by atoms with E-state index in [2.05, 4.69) is 0 Å². The molecular weight excluding hydrogens is 323 g/mol. The van der Waals surface area contributed by atoms with Gasteiger partial charge in [0.1, 0.15) is 10.4 Å². The van der Waals surface area contributed by atoms with Gasteiger partial charge in [-0.2, -0.15) is 0 Å². The van der Waals surface area contributed by atoms with Crippen molar-refractivity contribution >= 4 is 40.7 Å². The lowest BCUT2D eigenvalue weighted by Gasteiger charge is -2.27. The molecule has 1 heterocycles. The van der Waals surface area contributed by atoms with Gasteiger partial charge in [0.2, 0.25) is 11.8 Å². The minimum atomic E-state index is -1.01. The first kappa shape index (κ1) is 15.6. The first-order valence-corrected chi connectivity index (χ1v) is 8.05. The highest BCUT2D eigenvalue weighted by Crippen LogP contribution is 2.64. The lowest BCUT2D eigenvalue weighted by Crippen LogP contribution is -2.46. The van der Waals surface area contributed by atoms with Crippen LogP contribution in [0.5, 0.6) is 0 Å². The van der Waals surface area contributed by atoms with Crippen molar-refractivity contribution < 1.29 is 9.59 Å². The molecule has 2 aliphatic rings. The lowest BCUT2D eigenvalue weighted by atomic mass is 10.1. The van der Waals surface area contributed by atoms with E-state index in [1.165, 1.54) is 4.90 Å². The van der Waals surface area contributed by atoms with Crippen molar-refractivity contribution in [2.24, 2.45) is 5.41 Å². The second-order valence-corrected chi connectivity index (χ2v) is 7.74. The van der Waals surface area contributed by atoms with E-state index in [1.54, 1.807) is 18.9 Å². The van der Waals surface area contributed by atoms with Crippen molar-refractivity contribution in [3.05, 3.63) is 30.3 Å². The first-order chi connectivity index (χ1) is 10.3. The van der Waals surface area contributed by atoms with E-state index in [0.29, 0.717) is 19.4 Å². The Kier molecular flexibility index (Phi) is 3.65. The van der Waals surface area contributed by atoms with Crippen LogP contribution in [-0.4, -0.2) is 40.7 Å². The standard InChI is InChI=1S/C16H18Cl2N2O2/c1-15(10-16(15,17)18)14(22)19(2)12-8-9-20(13(12)21)11-6-4-3-5-7-11/h3-7,12H,8-10H2,1-2H3. The minimum Gasteiger partial charge on any atom is -0.333 e. The fourth-order valence-electron chi connectivity index (χ4n) is 3.05. The number of alkyl halides is 2. The van der Waals surface area contributed by atoms with E-state index in [0.717, 1.165) is 5.69 Å². The molecule has 0 N–H and O–H groups in total. The molecule has 1 aliphatic heterocycles. The molecule has 1 saturated carbocycles. The Morgan fingerprint density at radius 2 is 1.91 bits per heavy atom. The molecule has 1 saturated heterocycles. The normalized spacial score (nSPS) is 29.5. The number of halogens is 2. The zero-order valence-corrected chi connectivity index (χ0v) is 14.1. The Bertz CT molecular complexity index is 620. The highest BCUT2D eigenvalue weighted by molar-refractivity contribution is 6.53. The van der Waals surface area contributed by atoms with Crippen LogP contribution in [0.15, 0.2) is 30.3 Å². The maximum absolute atomic E-state index is 12.6. The number of anilines is 1. The topological polar surface area (TPSA) is 40.6 Å². The summed E-state index contributed by atoms with van der Waals surface area (Å²) in [5.41, 5.74) is 0.0724. The number of hydrogen-bond acceptors (Lipinski definition) is 2. The van der Waals surface area contributed by atoms with Crippen LogP contribution in [0.3, 0.4) is 0 Å². The summed E-state index contributed by atoms with van der Waals surface area (Å²) in [5, 5.41) is 0. The molecule has 0 spiro atoms. The van der Waals surface area contributed by atoms with Crippen LogP contribution >= 0.6 is 23.2 Å². The number of carbonyl (C=O) groups excluding carboxylic acids is 2. The fourth-order valence-corrected chi connectivity index (χ4v) is 3.75. The largest absolute Gasteiger partial charge is 0.333 e. The van der Waals surface area contributed by atoms with Crippen molar-refractivity contribution in [2.75, 3.05) is 18.5 Å². The minimum absolute atomic E-state index is 0.0546. The fraction of sp³-hybridized carbons (Fsp3) is 0.500. The van der Waals surface area contributed by atoms with Gasteiger partial charge in [0.05, 0.1) is 5.41 Å². The first-order valence-electron chi connectivity index (χ1n) is 7.29. The molecule has 0 bridgehead atoms. The summed E-state index contributed by atoms with van der Waals surface area (Å²) in [6.45, 7) is 2.36. The third-order valence-electron chi connectivity index (χ3n) is 4.76. The van der Waals surface area contributed by atoms with E-state index in [4.69, 9.17) is 23.2 Å². The average Bonchev–Trinajstić information content (AvgIpc) is 2.82. The molecule has 6 heteroatoms. The van der Waals surface area contributed by atoms with Crippen molar-refractivity contribution in [2.45, 2.75) is 30.1 Å². The quantitative estimate of drug-likeness (QED) is 0.794. The van der Waals surface area contributed by atoms with Gasteiger partial charge in [-0.15, -0.1) is 23.2 Å². The number of amides is 2. The molecule has 0 aromatic heterocycles. The molecule has 118 valence electrons. The van der Waals surface area contributed by atoms with Gasteiger partial charge in [-0.3, -0.25) is 9.59 Å². The summed E-state index contributed by atoms with van der Waals surface area (Å²) in [7, 11) is 1.66. The zero-order valence-electron chi connectivity index (χ0n) is 12.6. The van der Waals surface area contributed by atoms with E-state index in [9.17, 15) is 9.59 Å². The Labute approximate surface area is 140 Å². The van der Waals surface area contributed by atoms with Gasteiger partial charge in [-0.25, -0.2) is 0 Å². The van der Waals surface area contributed by atoms with Crippen molar-refractivity contribution in [1.29, 1.82) is 0 Å². The maximum atomic E-state index is 12.6. The number of rotatable bonds is 3. The van der Waals surface area contributed by atoms with Gasteiger partial charge >= 0.3 is 0 Å². The lowest BCUT2D eigenvalue weighted by molar-refractivity contribution is -0.140. The molecular formula is C16H18Cl2N2O2. The molecule has 3 rings (SSSR count). The van der Waals surface area contributed by atoms with E-state index < -0.39 is 15.8 Å². The smallest absolute Gasteiger partial charge is 0.249 e. The molecule has 2 unspecified atom stereocenters. The van der Waals surface area contributed by atoms with Crippen molar-refractivity contribution in [3.63, 3.8) is 0 Å². The van der Waals surface area contributed by atoms with Crippen LogP contribution in [0.25, 0.3) is 0 Å². The number of likely N-dealkylation sites (N-methyl/N-ethyl adjacent to an activating group) is 1. The molecule has 22 heavy (non-hydrogen) atoms. The molecule has 2 fully saturated rings. The monoisotopic (exact) mass is 340 g/mol. The Morgan fingerprint density at radius 3 is 2.45 bits per heavy atom. The molecule has 4 nitrogen and oxygen atoms in total. The van der Waals surface area contributed by atoms with Gasteiger partial charge in [-0.1, -0.05) is 18.2 Å². The van der Waals surface area contributed by atoms with E-state index in [-0.39, 0.29) is 11.8 Å². The third-order valence-corrected chi connectivity index (χ3v) is 5.86. The summed E-state index contributed by atoms with van der Waals surface area (Å²) >= 11 is 12.2. The maximum Gasteiger partial charge on any atom is 0.249 e. The summed E-state index contributed by atoms with van der Waals surface area (Å²) in [6, 6.07) is 9.04. The number of carbonyl (C=O) groups is 2. The van der Waals surface area contributed by atoms with Crippen LogP contribution in [0, 0.1) is 5.41 Å². The summed E-state index contributed by atoms with van der Waals surface area (Å²) in [4.78, 5) is 28.5. The highest BCUT2D eigenvalue weighted by Gasteiger charge is 2.69. The molecule has 0 radical (unpaired) electrons. The van der Waals surface area contributed by atoms with Gasteiger partial charge in [0, 0.05) is 19.3 Å². The van der Waals surface area contributed by atoms with Crippen LogP contribution in [0.2, 0.25) is 0 Å². The number of para-hydroxylation sites is 1. The van der Waals surface area contributed by atoms with Crippen LogP contribution in [-0.2, 0) is 9.59 Å². The van der Waals surface area contributed by atoms with Gasteiger partial charge in [-0.05, 0) is 31.9 Å². The highest BCUT2D eigenvalue weighted by atomic mass is 35.5. The van der Waals surface area contributed by atoms with Gasteiger partial charge in [0.25, 0.3) is 0 Å². The number of hydrogen-bond donors (Lipinski definition) is 0. The molecule has 1 aromatic rings. The summed E-state index contributed by atoms with van der Waals surface area (Å²) in [6.07, 6.45) is 1.04. The Morgan fingerprint density at radius 1 is 1.32 bits per heavy atom. The van der Waals surface area contributed by atoms with Crippen molar-refractivity contribution in [1.82, 2.24) is 4.90 Å². The molecule has 2 amide bonds. The Hall–Kier alpha value is -1.26. The van der Waals surface area contributed by atoms with Crippen LogP contribution in [0.4, 0.5) is 5.69 Å². The molecule has 2 atom stereocenters. The van der Waals surface area contributed by atoms with Crippen LogP contribution in [0.1, 0.15) is 19.8 Å². The number of benzene rings is 1. The van der Waals surface area contributed by atoms with Crippen LogP contribution < -0.4 is 4.90 Å².